The zero-order chi connectivity index (χ0) is 16.2. The number of aryl methyl sites for hydroxylation is 2. The molecule has 0 saturated carbocycles. The molecule has 0 saturated heterocycles. The van der Waals surface area contributed by atoms with Crippen molar-refractivity contribution in [3.8, 4) is 6.07 Å². The van der Waals surface area contributed by atoms with Crippen LogP contribution in [0.3, 0.4) is 0 Å². The number of rotatable bonds is 4. The van der Waals surface area contributed by atoms with Gasteiger partial charge in [-0.15, -0.1) is 0 Å². The number of pyridine rings is 1. The first kappa shape index (κ1) is 15.5. The largest absolute Gasteiger partial charge is 0.325 e. The number of nitriles is 1. The Balaban J connectivity index is 1.65. The summed E-state index contributed by atoms with van der Waals surface area (Å²) in [5, 5.41) is 12.5. The molecule has 0 aliphatic heterocycles. The van der Waals surface area contributed by atoms with Crippen LogP contribution in [0.25, 0.3) is 0 Å². The van der Waals surface area contributed by atoms with E-state index in [0.29, 0.717) is 16.3 Å². The van der Waals surface area contributed by atoms with Crippen molar-refractivity contribution < 1.29 is 9.18 Å². The molecule has 116 valence electrons. The molecule has 1 aromatic heterocycles. The molecule has 0 unspecified atom stereocenters. The first-order valence-corrected chi connectivity index (χ1v) is 8.25. The van der Waals surface area contributed by atoms with E-state index < -0.39 is 0 Å². The zero-order valence-corrected chi connectivity index (χ0v) is 13.1. The minimum atomic E-state index is -0.349. The second-order valence-electron chi connectivity index (χ2n) is 5.26. The second-order valence-corrected chi connectivity index (χ2v) is 6.22. The van der Waals surface area contributed by atoms with E-state index in [1.807, 2.05) is 6.07 Å². The number of halogens is 1. The zero-order valence-electron chi connectivity index (χ0n) is 12.3. The van der Waals surface area contributed by atoms with Crippen LogP contribution in [-0.2, 0) is 17.6 Å². The number of nitrogens with zero attached hydrogens (tertiary/aromatic N) is 2. The van der Waals surface area contributed by atoms with Gasteiger partial charge in [0.05, 0.1) is 11.3 Å². The number of aromatic nitrogens is 1. The van der Waals surface area contributed by atoms with E-state index in [1.165, 1.54) is 36.0 Å². The number of thioether (sulfide) groups is 1. The van der Waals surface area contributed by atoms with Gasteiger partial charge in [-0.1, -0.05) is 11.8 Å². The number of carbonyl (C=O) groups excluding carboxylic acids is 1. The Labute approximate surface area is 137 Å². The van der Waals surface area contributed by atoms with E-state index in [1.54, 1.807) is 0 Å². The molecular weight excluding hydrogens is 313 g/mol. The third-order valence-corrected chi connectivity index (χ3v) is 4.60. The highest BCUT2D eigenvalue weighted by Crippen LogP contribution is 2.27. The molecule has 6 heteroatoms. The molecule has 2 aromatic rings. The fraction of sp³-hybridized carbons (Fsp3) is 0.235. The smallest absolute Gasteiger partial charge is 0.234 e. The van der Waals surface area contributed by atoms with Crippen LogP contribution < -0.4 is 5.32 Å². The van der Waals surface area contributed by atoms with Gasteiger partial charge < -0.3 is 5.32 Å². The molecule has 0 atom stereocenters. The predicted molar refractivity (Wildman–Crippen MR) is 86.7 cm³/mol. The molecule has 1 aromatic carbocycles. The van der Waals surface area contributed by atoms with Crippen molar-refractivity contribution in [1.29, 1.82) is 5.26 Å². The predicted octanol–water partition coefficient (Wildman–Crippen LogP) is 3.31. The van der Waals surface area contributed by atoms with E-state index in [2.05, 4.69) is 16.4 Å². The van der Waals surface area contributed by atoms with Crippen LogP contribution in [0.4, 0.5) is 10.1 Å². The lowest BCUT2D eigenvalue weighted by atomic mass is 10.2. The lowest BCUT2D eigenvalue weighted by molar-refractivity contribution is -0.113. The molecule has 4 nitrogen and oxygen atoms in total. The average Bonchev–Trinajstić information content (AvgIpc) is 3.01. The van der Waals surface area contributed by atoms with Crippen molar-refractivity contribution >= 4 is 23.4 Å². The van der Waals surface area contributed by atoms with E-state index in [4.69, 9.17) is 0 Å². The maximum atomic E-state index is 12.8. The molecule has 0 radical (unpaired) electrons. The van der Waals surface area contributed by atoms with Crippen LogP contribution in [0, 0.1) is 17.1 Å². The molecule has 0 spiro atoms. The summed E-state index contributed by atoms with van der Waals surface area (Å²) in [7, 11) is 0. The maximum absolute atomic E-state index is 12.8. The number of anilines is 1. The van der Waals surface area contributed by atoms with Gasteiger partial charge in [0.1, 0.15) is 16.9 Å². The SMILES string of the molecule is N#Cc1cc2c(nc1SCC(=O)Nc1ccc(F)cc1)CCC2. The number of amides is 1. The molecule has 1 aliphatic carbocycles. The monoisotopic (exact) mass is 327 g/mol. The van der Waals surface area contributed by atoms with Crippen LogP contribution in [-0.4, -0.2) is 16.6 Å². The van der Waals surface area contributed by atoms with Crippen LogP contribution >= 0.6 is 11.8 Å². The van der Waals surface area contributed by atoms with Gasteiger partial charge in [0.15, 0.2) is 0 Å². The maximum Gasteiger partial charge on any atom is 0.234 e. The Morgan fingerprint density at radius 1 is 1.35 bits per heavy atom. The highest BCUT2D eigenvalue weighted by Gasteiger charge is 2.17. The summed E-state index contributed by atoms with van der Waals surface area (Å²) in [4.78, 5) is 16.5. The van der Waals surface area contributed by atoms with Crippen LogP contribution in [0.1, 0.15) is 23.2 Å². The third kappa shape index (κ3) is 3.69. The second kappa shape index (κ2) is 6.80. The van der Waals surface area contributed by atoms with Gasteiger partial charge in [-0.05, 0) is 55.2 Å². The van der Waals surface area contributed by atoms with Crippen LogP contribution in [0.5, 0.6) is 0 Å². The molecule has 1 N–H and O–H groups in total. The Hall–Kier alpha value is -2.39. The van der Waals surface area contributed by atoms with Crippen molar-refractivity contribution in [3.05, 3.63) is 53.0 Å². The topological polar surface area (TPSA) is 65.8 Å². The lowest BCUT2D eigenvalue weighted by Crippen LogP contribution is -2.14. The van der Waals surface area contributed by atoms with Gasteiger partial charge in [0.2, 0.25) is 5.91 Å². The summed E-state index contributed by atoms with van der Waals surface area (Å²) in [5.74, 6) is -0.413. The van der Waals surface area contributed by atoms with Crippen LogP contribution in [0.2, 0.25) is 0 Å². The van der Waals surface area contributed by atoms with Gasteiger partial charge in [-0.25, -0.2) is 9.37 Å². The van der Waals surface area contributed by atoms with Gasteiger partial charge in [-0.2, -0.15) is 5.26 Å². The van der Waals surface area contributed by atoms with Crippen molar-refractivity contribution in [2.75, 3.05) is 11.1 Å². The van der Waals surface area contributed by atoms with Gasteiger partial charge >= 0.3 is 0 Å². The molecule has 0 bridgehead atoms. The average molecular weight is 327 g/mol. The number of hydrogen-bond acceptors (Lipinski definition) is 4. The Bertz CT molecular complexity index is 784. The summed E-state index contributed by atoms with van der Waals surface area (Å²) < 4.78 is 12.8. The van der Waals surface area contributed by atoms with E-state index in [9.17, 15) is 14.4 Å². The summed E-state index contributed by atoms with van der Waals surface area (Å²) in [6.07, 6.45) is 2.95. The summed E-state index contributed by atoms with van der Waals surface area (Å²) in [6, 6.07) is 9.63. The number of benzene rings is 1. The number of hydrogen-bond donors (Lipinski definition) is 1. The van der Waals surface area contributed by atoms with Crippen molar-refractivity contribution in [2.45, 2.75) is 24.3 Å². The van der Waals surface area contributed by atoms with Crippen molar-refractivity contribution in [2.24, 2.45) is 0 Å². The highest BCUT2D eigenvalue weighted by atomic mass is 32.2. The minimum Gasteiger partial charge on any atom is -0.325 e. The minimum absolute atomic E-state index is 0.151. The first-order valence-electron chi connectivity index (χ1n) is 7.27. The van der Waals surface area contributed by atoms with Crippen molar-refractivity contribution in [3.63, 3.8) is 0 Å². The van der Waals surface area contributed by atoms with Crippen LogP contribution in [0.15, 0.2) is 35.4 Å². The molecule has 1 amide bonds. The molecule has 23 heavy (non-hydrogen) atoms. The molecule has 3 rings (SSSR count). The normalized spacial score (nSPS) is 12.5. The molecular formula is C17H14FN3OS. The number of carbonyl (C=O) groups is 1. The van der Waals surface area contributed by atoms with E-state index in [-0.39, 0.29) is 17.5 Å². The highest BCUT2D eigenvalue weighted by molar-refractivity contribution is 8.00. The fourth-order valence-electron chi connectivity index (χ4n) is 2.51. The van der Waals surface area contributed by atoms with Gasteiger partial charge in [0.25, 0.3) is 0 Å². The lowest BCUT2D eigenvalue weighted by Gasteiger charge is -2.07. The number of nitrogens with one attached hydrogen (secondary N) is 1. The summed E-state index contributed by atoms with van der Waals surface area (Å²) in [5.41, 5.74) is 3.23. The summed E-state index contributed by atoms with van der Waals surface area (Å²) in [6.45, 7) is 0. The number of fused-ring (bicyclic) bond motifs is 1. The Kier molecular flexibility index (Phi) is 4.58. The molecule has 1 heterocycles. The standard InChI is InChI=1S/C17H14FN3OS/c18-13-4-6-14(7-5-13)20-16(22)10-23-17-12(9-19)8-11-2-1-3-15(11)21-17/h4-8H,1-3,10H2,(H,20,22). The van der Waals surface area contributed by atoms with E-state index in [0.717, 1.165) is 30.5 Å². The molecule has 0 fully saturated rings. The van der Waals surface area contributed by atoms with Gasteiger partial charge in [0, 0.05) is 11.4 Å². The van der Waals surface area contributed by atoms with E-state index >= 15 is 0 Å². The van der Waals surface area contributed by atoms with Gasteiger partial charge in [-0.3, -0.25) is 4.79 Å². The third-order valence-electron chi connectivity index (χ3n) is 3.60. The quantitative estimate of drug-likeness (QED) is 0.875. The Morgan fingerprint density at radius 3 is 2.87 bits per heavy atom. The summed E-state index contributed by atoms with van der Waals surface area (Å²) >= 11 is 1.25. The first-order chi connectivity index (χ1) is 11.2. The molecule has 1 aliphatic rings. The Morgan fingerprint density at radius 2 is 2.13 bits per heavy atom. The fourth-order valence-corrected chi connectivity index (χ4v) is 3.28. The van der Waals surface area contributed by atoms with Crippen molar-refractivity contribution in [1.82, 2.24) is 4.98 Å².